The molecule has 0 aromatic heterocycles. The van der Waals surface area contributed by atoms with Crippen LogP contribution in [0.5, 0.6) is 0 Å². The van der Waals surface area contributed by atoms with E-state index in [4.69, 9.17) is 9.05 Å². The van der Waals surface area contributed by atoms with Crippen molar-refractivity contribution in [2.75, 3.05) is 40.9 Å². The highest BCUT2D eigenvalue weighted by atomic mass is 31.2. The van der Waals surface area contributed by atoms with Crippen LogP contribution in [0, 0.1) is 0 Å². The van der Waals surface area contributed by atoms with Crippen LogP contribution in [-0.4, -0.2) is 73.4 Å². The highest BCUT2D eigenvalue weighted by molar-refractivity contribution is 7.47. The number of rotatable bonds is 71. The molecule has 1 amide bonds. The number of carbonyl (C=O) groups excluding carboxylic acids is 1. The van der Waals surface area contributed by atoms with Crippen molar-refractivity contribution in [1.29, 1.82) is 0 Å². The molecule has 3 N–H and O–H groups in total. The molecular formula is C80H150N2O6P+. The molecule has 3 unspecified atom stereocenters. The average molecular weight is 1270 g/mol. The summed E-state index contributed by atoms with van der Waals surface area (Å²) in [4.78, 5) is 23.5. The van der Waals surface area contributed by atoms with E-state index >= 15 is 0 Å². The average Bonchev–Trinajstić information content (AvgIpc) is 3.64. The van der Waals surface area contributed by atoms with E-state index in [1.807, 2.05) is 27.2 Å². The van der Waals surface area contributed by atoms with Crippen LogP contribution >= 0.6 is 7.82 Å². The number of quaternary nitrogens is 1. The lowest BCUT2D eigenvalue weighted by Gasteiger charge is -2.25. The molecule has 0 aliphatic carbocycles. The van der Waals surface area contributed by atoms with Gasteiger partial charge < -0.3 is 19.8 Å². The van der Waals surface area contributed by atoms with E-state index in [9.17, 15) is 19.4 Å². The van der Waals surface area contributed by atoms with Crippen molar-refractivity contribution in [1.82, 2.24) is 5.32 Å². The summed E-state index contributed by atoms with van der Waals surface area (Å²) in [5.74, 6) is -0.173. The fourth-order valence-electron chi connectivity index (χ4n) is 11.5. The van der Waals surface area contributed by atoms with E-state index in [2.05, 4.69) is 92.1 Å². The topological polar surface area (TPSA) is 105 Å². The lowest BCUT2D eigenvalue weighted by atomic mass is 10.0. The zero-order chi connectivity index (χ0) is 64.8. The Labute approximate surface area is 554 Å². The molecule has 0 radical (unpaired) electrons. The van der Waals surface area contributed by atoms with Gasteiger partial charge in [-0.25, -0.2) is 4.57 Å². The van der Waals surface area contributed by atoms with Gasteiger partial charge >= 0.3 is 7.82 Å². The molecule has 0 heterocycles. The van der Waals surface area contributed by atoms with Crippen LogP contribution in [0.25, 0.3) is 0 Å². The maximum atomic E-state index is 13.1. The predicted molar refractivity (Wildman–Crippen MR) is 392 cm³/mol. The van der Waals surface area contributed by atoms with Crippen LogP contribution in [0.15, 0.2) is 85.1 Å². The number of phosphoric ester groups is 1. The van der Waals surface area contributed by atoms with Gasteiger partial charge in [0.05, 0.1) is 39.9 Å². The van der Waals surface area contributed by atoms with Crippen molar-refractivity contribution in [3.63, 3.8) is 0 Å². The van der Waals surface area contributed by atoms with Crippen LogP contribution in [-0.2, 0) is 18.4 Å². The van der Waals surface area contributed by atoms with E-state index in [0.29, 0.717) is 17.4 Å². The van der Waals surface area contributed by atoms with Crippen molar-refractivity contribution in [2.24, 2.45) is 0 Å². The van der Waals surface area contributed by atoms with Gasteiger partial charge in [-0.2, -0.15) is 0 Å². The number of hydrogen-bond acceptors (Lipinski definition) is 5. The lowest BCUT2D eigenvalue weighted by Crippen LogP contribution is -2.45. The number of nitrogens with zero attached hydrogens (tertiary/aromatic N) is 1. The second kappa shape index (κ2) is 70.0. The molecule has 8 nitrogen and oxygen atoms in total. The van der Waals surface area contributed by atoms with Gasteiger partial charge in [0.2, 0.25) is 5.91 Å². The Morgan fingerprint density at radius 1 is 0.393 bits per heavy atom. The number of hydrogen-bond donors (Lipinski definition) is 3. The molecule has 0 fully saturated rings. The SMILES string of the molecule is CC/C=C\C/C=C\C/C=C\C/C=C\C/C=C\C/C=C\CCCCCCCCCCCCCCCCCCC(=O)NC(COP(=O)(O)OCC[N+](C)(C)C)C(O)/C=C/CCCCCCCCCCCCCCCCCCCCCCCCCCCCCCCC. The van der Waals surface area contributed by atoms with Crippen LogP contribution in [0.3, 0.4) is 0 Å². The first-order valence-electron chi connectivity index (χ1n) is 38.5. The van der Waals surface area contributed by atoms with Gasteiger partial charge in [0.1, 0.15) is 13.2 Å². The second-order valence-electron chi connectivity index (χ2n) is 27.4. The normalized spacial score (nSPS) is 14.0. The third-order valence-electron chi connectivity index (χ3n) is 17.4. The minimum Gasteiger partial charge on any atom is -0.387 e. The molecule has 0 aromatic rings. The number of amides is 1. The first-order valence-corrected chi connectivity index (χ1v) is 40.0. The molecule has 0 spiro atoms. The van der Waals surface area contributed by atoms with Crippen LogP contribution < -0.4 is 5.32 Å². The molecule has 0 aromatic carbocycles. The quantitative estimate of drug-likeness (QED) is 0.0243. The number of phosphoric acid groups is 1. The van der Waals surface area contributed by atoms with E-state index in [1.54, 1.807) is 6.08 Å². The van der Waals surface area contributed by atoms with Gasteiger partial charge in [0.25, 0.3) is 0 Å². The number of allylic oxidation sites excluding steroid dienone is 13. The van der Waals surface area contributed by atoms with Gasteiger partial charge in [-0.1, -0.05) is 375 Å². The molecule has 0 saturated heterocycles. The first-order chi connectivity index (χ1) is 43.5. The summed E-state index contributed by atoms with van der Waals surface area (Å²) in [6.07, 6.45) is 100. The minimum absolute atomic E-state index is 0.0604. The number of likely N-dealkylation sites (N-methyl/N-ethyl adjacent to an activating group) is 1. The molecule has 0 aliphatic heterocycles. The summed E-state index contributed by atoms with van der Waals surface area (Å²) in [6, 6.07) is -0.852. The van der Waals surface area contributed by atoms with Crippen molar-refractivity contribution >= 4 is 13.7 Å². The largest absolute Gasteiger partial charge is 0.472 e. The van der Waals surface area contributed by atoms with Crippen molar-refractivity contribution < 1.29 is 32.9 Å². The van der Waals surface area contributed by atoms with E-state index in [0.717, 1.165) is 77.0 Å². The van der Waals surface area contributed by atoms with Gasteiger partial charge in [0, 0.05) is 6.42 Å². The maximum Gasteiger partial charge on any atom is 0.472 e. The van der Waals surface area contributed by atoms with Crippen molar-refractivity contribution in [3.8, 4) is 0 Å². The van der Waals surface area contributed by atoms with E-state index in [-0.39, 0.29) is 19.1 Å². The smallest absolute Gasteiger partial charge is 0.387 e. The lowest BCUT2D eigenvalue weighted by molar-refractivity contribution is -0.870. The van der Waals surface area contributed by atoms with Gasteiger partial charge in [0.15, 0.2) is 0 Å². The summed E-state index contributed by atoms with van der Waals surface area (Å²) in [6.45, 7) is 4.75. The monoisotopic (exact) mass is 1270 g/mol. The number of carbonyl (C=O) groups is 1. The van der Waals surface area contributed by atoms with Gasteiger partial charge in [-0.15, -0.1) is 0 Å². The maximum absolute atomic E-state index is 13.1. The molecule has 0 bridgehead atoms. The number of unbranched alkanes of at least 4 members (excludes halogenated alkanes) is 46. The van der Waals surface area contributed by atoms with Crippen molar-refractivity contribution in [2.45, 2.75) is 379 Å². The number of nitrogens with one attached hydrogen (secondary N) is 1. The summed E-state index contributed by atoms with van der Waals surface area (Å²) in [7, 11) is 1.58. The standard InChI is InChI=1S/C80H149N2O6P/c1-6-8-10-12-14-16-18-20-22-24-26-28-30-32-34-36-38-40-41-42-44-46-48-50-52-54-56-58-60-62-64-66-68-70-72-74-80(84)81-78(77-88-89(85,86)87-76-75-82(3,4)5)79(83)73-71-69-67-65-63-61-59-57-55-53-51-49-47-45-43-39-37-35-33-31-29-27-25-23-21-19-17-15-13-11-9-7-2/h8,10,14,16,20,22,26,28,32,34,38,40,71,73,78-79,83H,6-7,9,11-13,15,17-19,21,23-25,27,29-31,33,35-37,39,41-70,72,74-77H2,1-5H3,(H-,81,84,85,86)/p+1/b10-8-,16-14-,22-20-,28-26-,34-32-,40-38-,73-71+. The Hall–Kier alpha value is -2.32. The fourth-order valence-corrected chi connectivity index (χ4v) is 12.2. The Morgan fingerprint density at radius 2 is 0.674 bits per heavy atom. The molecular weight excluding hydrogens is 1120 g/mol. The highest BCUT2D eigenvalue weighted by Gasteiger charge is 2.28. The molecule has 3 atom stereocenters. The van der Waals surface area contributed by atoms with E-state index in [1.165, 1.54) is 270 Å². The van der Waals surface area contributed by atoms with Gasteiger partial charge in [-0.3, -0.25) is 13.8 Å². The zero-order valence-electron chi connectivity index (χ0n) is 59.7. The Morgan fingerprint density at radius 3 is 0.989 bits per heavy atom. The number of aliphatic hydroxyl groups is 1. The van der Waals surface area contributed by atoms with E-state index < -0.39 is 20.0 Å². The molecule has 89 heavy (non-hydrogen) atoms. The number of aliphatic hydroxyl groups excluding tert-OH is 1. The Balaban J connectivity index is 4.01. The third kappa shape index (κ3) is 73.0. The van der Waals surface area contributed by atoms with Crippen LogP contribution in [0.1, 0.15) is 367 Å². The third-order valence-corrected chi connectivity index (χ3v) is 18.4. The van der Waals surface area contributed by atoms with Crippen LogP contribution in [0.4, 0.5) is 0 Å². The summed E-state index contributed by atoms with van der Waals surface area (Å²) >= 11 is 0. The summed E-state index contributed by atoms with van der Waals surface area (Å²) < 4.78 is 23.9. The first kappa shape index (κ1) is 86.7. The van der Waals surface area contributed by atoms with Gasteiger partial charge in [-0.05, 0) is 70.6 Å². The molecule has 0 saturated carbocycles. The molecule has 520 valence electrons. The fraction of sp³-hybridized carbons (Fsp3) is 0.812. The molecule has 0 rings (SSSR count). The minimum atomic E-state index is -4.36. The Kier molecular flexibility index (Phi) is 68.2. The predicted octanol–water partition coefficient (Wildman–Crippen LogP) is 25.1. The molecule has 0 aliphatic rings. The molecule has 9 heteroatoms. The Bertz CT molecular complexity index is 1730. The summed E-state index contributed by atoms with van der Waals surface area (Å²) in [5.41, 5.74) is 0. The van der Waals surface area contributed by atoms with Crippen molar-refractivity contribution in [3.05, 3.63) is 85.1 Å². The summed E-state index contributed by atoms with van der Waals surface area (Å²) in [5, 5.41) is 14.1. The highest BCUT2D eigenvalue weighted by Crippen LogP contribution is 2.43. The second-order valence-corrected chi connectivity index (χ2v) is 28.8. The zero-order valence-corrected chi connectivity index (χ0v) is 60.6. The van der Waals surface area contributed by atoms with Crippen LogP contribution in [0.2, 0.25) is 0 Å².